The van der Waals surface area contributed by atoms with Gasteiger partial charge in [0.25, 0.3) is 0 Å². The minimum absolute atomic E-state index is 0.0129. The Bertz CT molecular complexity index is 657. The van der Waals surface area contributed by atoms with E-state index in [0.717, 1.165) is 4.31 Å². The van der Waals surface area contributed by atoms with Gasteiger partial charge in [0, 0.05) is 32.6 Å². The van der Waals surface area contributed by atoms with Crippen molar-refractivity contribution in [3.63, 3.8) is 0 Å². The topological polar surface area (TPSA) is 136 Å². The summed E-state index contributed by atoms with van der Waals surface area (Å²) in [4.78, 5) is 22.0. The van der Waals surface area contributed by atoms with Crippen molar-refractivity contribution in [3.8, 4) is 0 Å². The summed E-state index contributed by atoms with van der Waals surface area (Å²) in [5.74, 6) is -0.965. The lowest BCUT2D eigenvalue weighted by atomic mass is 10.2. The molecule has 0 saturated heterocycles. The van der Waals surface area contributed by atoms with Gasteiger partial charge in [-0.15, -0.1) is 0 Å². The van der Waals surface area contributed by atoms with Crippen LogP contribution in [0.5, 0.6) is 0 Å². The molecule has 116 valence electrons. The molecule has 1 aromatic carbocycles. The van der Waals surface area contributed by atoms with Gasteiger partial charge in [-0.3, -0.25) is 9.59 Å². The van der Waals surface area contributed by atoms with E-state index in [0.29, 0.717) is 0 Å². The molecule has 0 heterocycles. The number of primary amides is 1. The van der Waals surface area contributed by atoms with Crippen molar-refractivity contribution in [2.24, 2.45) is 5.73 Å². The molecule has 2 amide bonds. The monoisotopic (exact) mass is 314 g/mol. The SMILES string of the molecule is CNC(=O)CCN(C)S(=O)(=O)c1ccc(C(N)=O)cc1N. The summed E-state index contributed by atoms with van der Waals surface area (Å²) in [5, 5.41) is 2.41. The van der Waals surface area contributed by atoms with Crippen LogP contribution in [0.1, 0.15) is 16.8 Å². The summed E-state index contributed by atoms with van der Waals surface area (Å²) < 4.78 is 25.7. The maximum atomic E-state index is 12.3. The predicted molar refractivity (Wildman–Crippen MR) is 77.9 cm³/mol. The lowest BCUT2D eigenvalue weighted by Gasteiger charge is -2.18. The fourth-order valence-corrected chi connectivity index (χ4v) is 2.87. The molecule has 1 rings (SSSR count). The quantitative estimate of drug-likeness (QED) is 0.586. The van der Waals surface area contributed by atoms with Gasteiger partial charge in [0.05, 0.1) is 5.69 Å². The molecule has 21 heavy (non-hydrogen) atoms. The minimum atomic E-state index is -3.84. The highest BCUT2D eigenvalue weighted by Gasteiger charge is 2.24. The van der Waals surface area contributed by atoms with E-state index in [2.05, 4.69) is 5.32 Å². The lowest BCUT2D eigenvalue weighted by molar-refractivity contribution is -0.120. The van der Waals surface area contributed by atoms with Gasteiger partial charge in [-0.25, -0.2) is 12.7 Å². The zero-order chi connectivity index (χ0) is 16.2. The number of hydrogen-bond acceptors (Lipinski definition) is 5. The highest BCUT2D eigenvalue weighted by molar-refractivity contribution is 7.89. The molecule has 0 aliphatic carbocycles. The second kappa shape index (κ2) is 6.55. The average Bonchev–Trinajstić information content (AvgIpc) is 2.43. The van der Waals surface area contributed by atoms with Gasteiger partial charge in [-0.05, 0) is 18.2 Å². The first kappa shape index (κ1) is 16.9. The van der Waals surface area contributed by atoms with Gasteiger partial charge in [0.2, 0.25) is 21.8 Å². The Kier molecular flexibility index (Phi) is 5.28. The largest absolute Gasteiger partial charge is 0.398 e. The molecule has 0 fully saturated rings. The zero-order valence-corrected chi connectivity index (χ0v) is 12.6. The molecule has 0 saturated carbocycles. The molecule has 9 heteroatoms. The second-order valence-corrected chi connectivity index (χ2v) is 6.38. The second-order valence-electron chi connectivity index (χ2n) is 4.37. The highest BCUT2D eigenvalue weighted by Crippen LogP contribution is 2.22. The maximum Gasteiger partial charge on any atom is 0.248 e. The first-order valence-corrected chi connectivity index (χ1v) is 7.50. The molecule has 1 aromatic rings. The number of nitrogen functional groups attached to an aromatic ring is 1. The molecule has 0 spiro atoms. The third-order valence-electron chi connectivity index (χ3n) is 2.92. The molecule has 0 bridgehead atoms. The molecule has 5 N–H and O–H groups in total. The van der Waals surface area contributed by atoms with Crippen LogP contribution < -0.4 is 16.8 Å². The minimum Gasteiger partial charge on any atom is -0.398 e. The number of amides is 2. The van der Waals surface area contributed by atoms with E-state index in [1.807, 2.05) is 0 Å². The number of nitrogens with one attached hydrogen (secondary N) is 1. The standard InChI is InChI=1S/C12H18N4O4S/c1-15-11(17)5-6-16(2)21(19,20)10-4-3-8(12(14)18)7-9(10)13/h3-4,7H,5-6,13H2,1-2H3,(H2,14,18)(H,15,17). The van der Waals surface area contributed by atoms with Gasteiger partial charge in [0.15, 0.2) is 0 Å². The highest BCUT2D eigenvalue weighted by atomic mass is 32.2. The first-order valence-electron chi connectivity index (χ1n) is 6.06. The molecular weight excluding hydrogens is 296 g/mol. The zero-order valence-electron chi connectivity index (χ0n) is 11.8. The van der Waals surface area contributed by atoms with Gasteiger partial charge in [0.1, 0.15) is 4.90 Å². The van der Waals surface area contributed by atoms with Crippen LogP contribution in [-0.4, -0.2) is 45.2 Å². The Morgan fingerprint density at radius 1 is 1.33 bits per heavy atom. The van der Waals surface area contributed by atoms with Crippen molar-refractivity contribution in [1.82, 2.24) is 9.62 Å². The van der Waals surface area contributed by atoms with Crippen molar-refractivity contribution in [3.05, 3.63) is 23.8 Å². The summed E-state index contributed by atoms with van der Waals surface area (Å²) in [6, 6.07) is 3.72. The maximum absolute atomic E-state index is 12.3. The first-order chi connectivity index (χ1) is 9.70. The van der Waals surface area contributed by atoms with Gasteiger partial charge in [-0.1, -0.05) is 0 Å². The average molecular weight is 314 g/mol. The van der Waals surface area contributed by atoms with Gasteiger partial charge in [-0.2, -0.15) is 0 Å². The molecule has 0 atom stereocenters. The molecule has 0 aromatic heterocycles. The number of anilines is 1. The van der Waals surface area contributed by atoms with E-state index in [1.165, 1.54) is 32.3 Å². The lowest BCUT2D eigenvalue weighted by Crippen LogP contribution is -2.32. The Morgan fingerprint density at radius 3 is 2.43 bits per heavy atom. The van der Waals surface area contributed by atoms with E-state index < -0.39 is 15.9 Å². The van der Waals surface area contributed by atoms with Crippen molar-refractivity contribution in [1.29, 1.82) is 0 Å². The van der Waals surface area contributed by atoms with Crippen LogP contribution in [0.15, 0.2) is 23.1 Å². The summed E-state index contributed by atoms with van der Waals surface area (Å²) in [6.07, 6.45) is 0.0332. The Balaban J connectivity index is 3.02. The van der Waals surface area contributed by atoms with Gasteiger partial charge < -0.3 is 16.8 Å². The number of benzene rings is 1. The van der Waals surface area contributed by atoms with E-state index >= 15 is 0 Å². The van der Waals surface area contributed by atoms with Crippen LogP contribution in [0.4, 0.5) is 5.69 Å². The van der Waals surface area contributed by atoms with Crippen molar-refractivity contribution in [2.75, 3.05) is 26.4 Å². The fraction of sp³-hybridized carbons (Fsp3) is 0.333. The number of rotatable bonds is 6. The summed E-state index contributed by atoms with van der Waals surface area (Å²) >= 11 is 0. The van der Waals surface area contributed by atoms with Gasteiger partial charge >= 0.3 is 0 Å². The van der Waals surface area contributed by atoms with Crippen molar-refractivity contribution < 1.29 is 18.0 Å². The predicted octanol–water partition coefficient (Wildman–Crippen LogP) is -0.876. The smallest absolute Gasteiger partial charge is 0.248 e. The number of hydrogen-bond donors (Lipinski definition) is 3. The van der Waals surface area contributed by atoms with E-state index in [-0.39, 0.29) is 35.0 Å². The molecule has 8 nitrogen and oxygen atoms in total. The molecule has 0 aliphatic rings. The summed E-state index contributed by atoms with van der Waals surface area (Å²) in [6.45, 7) is 0.0129. The molecule has 0 unspecified atom stereocenters. The summed E-state index contributed by atoms with van der Waals surface area (Å²) in [5.41, 5.74) is 10.8. The van der Waals surface area contributed by atoms with E-state index in [4.69, 9.17) is 11.5 Å². The van der Waals surface area contributed by atoms with E-state index in [9.17, 15) is 18.0 Å². The molecule has 0 radical (unpaired) electrons. The molecule has 0 aliphatic heterocycles. The van der Waals surface area contributed by atoms with Crippen LogP contribution in [0.2, 0.25) is 0 Å². The van der Waals surface area contributed by atoms with E-state index in [1.54, 1.807) is 0 Å². The third-order valence-corrected chi connectivity index (χ3v) is 4.85. The van der Waals surface area contributed by atoms with Crippen molar-refractivity contribution in [2.45, 2.75) is 11.3 Å². The number of sulfonamides is 1. The Hall–Kier alpha value is -2.13. The van der Waals surface area contributed by atoms with Crippen LogP contribution in [-0.2, 0) is 14.8 Å². The number of carbonyl (C=O) groups excluding carboxylic acids is 2. The summed E-state index contributed by atoms with van der Waals surface area (Å²) in [7, 11) is -1.02. The number of nitrogens with zero attached hydrogens (tertiary/aromatic N) is 1. The Labute approximate surface area is 123 Å². The normalized spacial score (nSPS) is 11.4. The number of nitrogens with two attached hydrogens (primary N) is 2. The third kappa shape index (κ3) is 3.92. The van der Waals surface area contributed by atoms with Crippen LogP contribution in [0.3, 0.4) is 0 Å². The fourth-order valence-electron chi connectivity index (χ4n) is 1.61. The van der Waals surface area contributed by atoms with Crippen LogP contribution in [0.25, 0.3) is 0 Å². The number of carbonyl (C=O) groups is 2. The van der Waals surface area contributed by atoms with Crippen LogP contribution in [0, 0.1) is 0 Å². The van der Waals surface area contributed by atoms with Crippen molar-refractivity contribution >= 4 is 27.5 Å². The Morgan fingerprint density at radius 2 is 1.95 bits per heavy atom. The molecular formula is C12H18N4O4S. The van der Waals surface area contributed by atoms with Crippen LogP contribution >= 0.6 is 0 Å².